The van der Waals surface area contributed by atoms with Crippen LogP contribution in [0.5, 0.6) is 0 Å². The van der Waals surface area contributed by atoms with E-state index in [-0.39, 0.29) is 5.56 Å². The summed E-state index contributed by atoms with van der Waals surface area (Å²) in [5.74, 6) is -0.949. The molecule has 19 heavy (non-hydrogen) atoms. The number of aryl methyl sites for hydroxylation is 2. The highest BCUT2D eigenvalue weighted by atomic mass is 19.1. The third-order valence-corrected chi connectivity index (χ3v) is 2.44. The number of anilines is 2. The van der Waals surface area contributed by atoms with Gasteiger partial charge in [0.25, 0.3) is 0 Å². The number of hydrogen-bond acceptors (Lipinski definition) is 4. The normalized spacial score (nSPS) is 10.3. The van der Waals surface area contributed by atoms with Gasteiger partial charge in [-0.2, -0.15) is 0 Å². The summed E-state index contributed by atoms with van der Waals surface area (Å²) in [6.45, 7) is 3.58. The number of aromatic carboxylic acids is 1. The molecule has 0 aliphatic heterocycles. The first-order valence-electron chi connectivity index (χ1n) is 5.58. The maximum absolute atomic E-state index is 13.5. The lowest BCUT2D eigenvalue weighted by atomic mass is 10.2. The Labute approximate surface area is 109 Å². The number of carboxylic acids is 1. The van der Waals surface area contributed by atoms with Crippen LogP contribution in [0.2, 0.25) is 0 Å². The molecule has 1 aromatic carbocycles. The summed E-state index contributed by atoms with van der Waals surface area (Å²) >= 11 is 0. The molecule has 0 saturated heterocycles. The van der Waals surface area contributed by atoms with E-state index < -0.39 is 11.8 Å². The molecular formula is C13H12FN3O2. The summed E-state index contributed by atoms with van der Waals surface area (Å²) in [5.41, 5.74) is 0.859. The van der Waals surface area contributed by atoms with Gasteiger partial charge in [-0.1, -0.05) is 0 Å². The van der Waals surface area contributed by atoms with Crippen LogP contribution in [0.15, 0.2) is 24.3 Å². The lowest BCUT2D eigenvalue weighted by Crippen LogP contribution is -2.02. The van der Waals surface area contributed by atoms with Crippen molar-refractivity contribution in [3.8, 4) is 0 Å². The Bertz CT molecular complexity index is 624. The summed E-state index contributed by atoms with van der Waals surface area (Å²) in [6, 6.07) is 5.53. The summed E-state index contributed by atoms with van der Waals surface area (Å²) in [7, 11) is 0. The van der Waals surface area contributed by atoms with Gasteiger partial charge in [0.15, 0.2) is 0 Å². The zero-order valence-electron chi connectivity index (χ0n) is 10.4. The molecule has 0 aliphatic carbocycles. The van der Waals surface area contributed by atoms with E-state index in [4.69, 9.17) is 5.11 Å². The molecule has 1 aromatic heterocycles. The van der Waals surface area contributed by atoms with Crippen LogP contribution in [0.1, 0.15) is 21.9 Å². The van der Waals surface area contributed by atoms with Crippen LogP contribution in [-0.4, -0.2) is 21.0 Å². The Hall–Kier alpha value is -2.50. The second kappa shape index (κ2) is 5.01. The minimum Gasteiger partial charge on any atom is -0.478 e. The third-order valence-electron chi connectivity index (χ3n) is 2.44. The fraction of sp³-hybridized carbons (Fsp3) is 0.154. The third kappa shape index (κ3) is 3.04. The Morgan fingerprint density at radius 3 is 2.58 bits per heavy atom. The van der Waals surface area contributed by atoms with Crippen molar-refractivity contribution in [3.05, 3.63) is 47.2 Å². The molecule has 0 aliphatic rings. The molecule has 0 radical (unpaired) electrons. The maximum atomic E-state index is 13.5. The van der Waals surface area contributed by atoms with E-state index in [1.54, 1.807) is 13.0 Å². The first-order chi connectivity index (χ1) is 8.95. The fourth-order valence-corrected chi connectivity index (χ4v) is 1.70. The monoisotopic (exact) mass is 261 g/mol. The van der Waals surface area contributed by atoms with Crippen molar-refractivity contribution in [2.75, 3.05) is 5.32 Å². The average molecular weight is 261 g/mol. The molecule has 2 aromatic rings. The summed E-state index contributed by atoms with van der Waals surface area (Å²) in [5, 5.41) is 11.6. The molecule has 6 heteroatoms. The highest BCUT2D eigenvalue weighted by Gasteiger charge is 2.10. The number of carboxylic acid groups (broad SMARTS) is 1. The van der Waals surface area contributed by atoms with Gasteiger partial charge in [-0.15, -0.1) is 0 Å². The van der Waals surface area contributed by atoms with E-state index in [1.807, 2.05) is 6.92 Å². The Morgan fingerprint density at radius 2 is 2.00 bits per heavy atom. The van der Waals surface area contributed by atoms with Crippen LogP contribution >= 0.6 is 0 Å². The predicted octanol–water partition coefficient (Wildman–Crippen LogP) is 2.67. The summed E-state index contributed by atoms with van der Waals surface area (Å²) < 4.78 is 13.5. The zero-order valence-corrected chi connectivity index (χ0v) is 10.4. The van der Waals surface area contributed by atoms with Crippen molar-refractivity contribution >= 4 is 17.5 Å². The van der Waals surface area contributed by atoms with E-state index in [9.17, 15) is 9.18 Å². The molecule has 98 valence electrons. The second-order valence-corrected chi connectivity index (χ2v) is 4.07. The zero-order chi connectivity index (χ0) is 14.0. The van der Waals surface area contributed by atoms with Crippen LogP contribution < -0.4 is 5.32 Å². The van der Waals surface area contributed by atoms with Crippen molar-refractivity contribution in [2.24, 2.45) is 0 Å². The standard InChI is InChI=1S/C13H12FN3O2/c1-7-5-12(16-8(2)15-7)17-9-3-4-10(13(18)19)11(14)6-9/h3-6H,1-2H3,(H,18,19)(H,15,16,17). The summed E-state index contributed by atoms with van der Waals surface area (Å²) in [4.78, 5) is 19.0. The first kappa shape index (κ1) is 12.9. The van der Waals surface area contributed by atoms with Gasteiger partial charge < -0.3 is 10.4 Å². The molecule has 2 rings (SSSR count). The number of carbonyl (C=O) groups is 1. The number of benzene rings is 1. The van der Waals surface area contributed by atoms with E-state index in [0.29, 0.717) is 17.3 Å². The van der Waals surface area contributed by atoms with Crippen LogP contribution in [0.3, 0.4) is 0 Å². The van der Waals surface area contributed by atoms with E-state index in [0.717, 1.165) is 11.8 Å². The number of nitrogens with one attached hydrogen (secondary N) is 1. The molecule has 0 bridgehead atoms. The maximum Gasteiger partial charge on any atom is 0.338 e. The Kier molecular flexibility index (Phi) is 3.41. The number of nitrogens with zero attached hydrogens (tertiary/aromatic N) is 2. The van der Waals surface area contributed by atoms with Gasteiger partial charge in [0.05, 0.1) is 5.56 Å². The van der Waals surface area contributed by atoms with E-state index in [2.05, 4.69) is 15.3 Å². The SMILES string of the molecule is Cc1cc(Nc2ccc(C(=O)O)c(F)c2)nc(C)n1. The van der Waals surface area contributed by atoms with Crippen LogP contribution in [0.4, 0.5) is 15.9 Å². The van der Waals surface area contributed by atoms with Gasteiger partial charge in [0.2, 0.25) is 0 Å². The fourth-order valence-electron chi connectivity index (χ4n) is 1.70. The number of hydrogen-bond donors (Lipinski definition) is 2. The van der Waals surface area contributed by atoms with Gasteiger partial charge in [-0.3, -0.25) is 0 Å². The number of rotatable bonds is 3. The minimum absolute atomic E-state index is 0.361. The van der Waals surface area contributed by atoms with E-state index >= 15 is 0 Å². The number of aromatic nitrogens is 2. The second-order valence-electron chi connectivity index (χ2n) is 4.07. The van der Waals surface area contributed by atoms with Crippen molar-refractivity contribution in [1.29, 1.82) is 0 Å². The van der Waals surface area contributed by atoms with Crippen molar-refractivity contribution in [1.82, 2.24) is 9.97 Å². The van der Waals surface area contributed by atoms with Gasteiger partial charge >= 0.3 is 5.97 Å². The van der Waals surface area contributed by atoms with Crippen LogP contribution in [-0.2, 0) is 0 Å². The summed E-state index contributed by atoms with van der Waals surface area (Å²) in [6.07, 6.45) is 0. The topological polar surface area (TPSA) is 75.1 Å². The Balaban J connectivity index is 2.28. The van der Waals surface area contributed by atoms with Crippen molar-refractivity contribution < 1.29 is 14.3 Å². The Morgan fingerprint density at radius 1 is 1.26 bits per heavy atom. The molecule has 1 heterocycles. The van der Waals surface area contributed by atoms with Gasteiger partial charge in [0.1, 0.15) is 17.5 Å². The van der Waals surface area contributed by atoms with E-state index in [1.165, 1.54) is 12.1 Å². The lowest BCUT2D eigenvalue weighted by Gasteiger charge is -2.08. The van der Waals surface area contributed by atoms with Gasteiger partial charge in [0, 0.05) is 17.4 Å². The average Bonchev–Trinajstić information content (AvgIpc) is 2.26. The molecule has 0 atom stereocenters. The largest absolute Gasteiger partial charge is 0.478 e. The van der Waals surface area contributed by atoms with Gasteiger partial charge in [-0.05, 0) is 32.0 Å². The minimum atomic E-state index is -1.29. The van der Waals surface area contributed by atoms with Crippen molar-refractivity contribution in [3.63, 3.8) is 0 Å². The van der Waals surface area contributed by atoms with Crippen molar-refractivity contribution in [2.45, 2.75) is 13.8 Å². The predicted molar refractivity (Wildman–Crippen MR) is 68.1 cm³/mol. The molecule has 5 nitrogen and oxygen atoms in total. The molecule has 0 unspecified atom stereocenters. The molecule has 0 fully saturated rings. The molecular weight excluding hydrogens is 249 g/mol. The highest BCUT2D eigenvalue weighted by molar-refractivity contribution is 5.88. The number of halogens is 1. The lowest BCUT2D eigenvalue weighted by molar-refractivity contribution is 0.0692. The van der Waals surface area contributed by atoms with Crippen LogP contribution in [0.25, 0.3) is 0 Å². The smallest absolute Gasteiger partial charge is 0.338 e. The molecule has 0 amide bonds. The quantitative estimate of drug-likeness (QED) is 0.888. The molecule has 2 N–H and O–H groups in total. The van der Waals surface area contributed by atoms with Gasteiger partial charge in [-0.25, -0.2) is 19.2 Å². The molecule has 0 spiro atoms. The van der Waals surface area contributed by atoms with Crippen LogP contribution in [0, 0.1) is 19.7 Å². The first-order valence-corrected chi connectivity index (χ1v) is 5.58. The molecule has 0 saturated carbocycles. The highest BCUT2D eigenvalue weighted by Crippen LogP contribution is 2.18.